The molecule has 68 valence electrons. The molecule has 0 saturated carbocycles. The number of carboxylic acids is 1. The maximum Gasteiger partial charge on any atom is 0.335 e. The van der Waals surface area contributed by atoms with Crippen molar-refractivity contribution < 1.29 is 14.3 Å². The summed E-state index contributed by atoms with van der Waals surface area (Å²) in [6, 6.07) is 3.03. The molecule has 1 aromatic rings. The first-order valence-corrected chi connectivity index (χ1v) is 3.39. The number of amidine groups is 1. The van der Waals surface area contributed by atoms with E-state index in [-0.39, 0.29) is 17.0 Å². The van der Waals surface area contributed by atoms with Gasteiger partial charge in [0.2, 0.25) is 0 Å². The number of hydrogen-bond donors (Lipinski definition) is 3. The highest BCUT2D eigenvalue weighted by Crippen LogP contribution is 2.08. The molecule has 1 rings (SSSR count). The normalized spacial score (nSPS) is 9.62. The second kappa shape index (κ2) is 3.22. The third-order valence-corrected chi connectivity index (χ3v) is 1.46. The standard InChI is InChI=1S/C8H7FN2O2/c9-6-2-4(7(10)11)1-5(3-6)8(12)13/h1-3H,(H3,10,11)(H,12,13). The average molecular weight is 182 g/mol. The number of hydrogen-bond acceptors (Lipinski definition) is 2. The molecule has 1 aromatic carbocycles. The smallest absolute Gasteiger partial charge is 0.335 e. The summed E-state index contributed by atoms with van der Waals surface area (Å²) in [5.41, 5.74) is 4.92. The Labute approximate surface area is 73.3 Å². The first-order valence-electron chi connectivity index (χ1n) is 3.39. The molecule has 0 aliphatic heterocycles. The van der Waals surface area contributed by atoms with Crippen LogP contribution in [-0.2, 0) is 0 Å². The molecule has 0 amide bonds. The fourth-order valence-corrected chi connectivity index (χ4v) is 0.869. The molecular formula is C8H7FN2O2. The molecule has 0 aliphatic rings. The van der Waals surface area contributed by atoms with E-state index < -0.39 is 11.8 Å². The van der Waals surface area contributed by atoms with Crippen molar-refractivity contribution in [2.24, 2.45) is 5.73 Å². The molecular weight excluding hydrogens is 175 g/mol. The molecule has 5 heteroatoms. The Bertz CT molecular complexity index is 344. The fourth-order valence-electron chi connectivity index (χ4n) is 0.869. The van der Waals surface area contributed by atoms with Gasteiger partial charge in [0.05, 0.1) is 5.56 Å². The maximum absolute atomic E-state index is 12.7. The largest absolute Gasteiger partial charge is 0.478 e. The summed E-state index contributed by atoms with van der Waals surface area (Å²) in [7, 11) is 0. The zero-order valence-corrected chi connectivity index (χ0v) is 6.54. The molecule has 0 unspecified atom stereocenters. The van der Waals surface area contributed by atoms with Gasteiger partial charge in [0, 0.05) is 5.56 Å². The molecule has 0 aliphatic carbocycles. The minimum absolute atomic E-state index is 0.0670. The molecule has 4 nitrogen and oxygen atoms in total. The quantitative estimate of drug-likeness (QED) is 0.467. The molecule has 0 fully saturated rings. The van der Waals surface area contributed by atoms with Crippen molar-refractivity contribution in [1.29, 1.82) is 5.41 Å². The molecule has 0 bridgehead atoms. The van der Waals surface area contributed by atoms with Crippen molar-refractivity contribution in [2.45, 2.75) is 0 Å². The summed E-state index contributed by atoms with van der Waals surface area (Å²) in [6.45, 7) is 0. The zero-order chi connectivity index (χ0) is 10.0. The predicted molar refractivity (Wildman–Crippen MR) is 44.4 cm³/mol. The Morgan fingerprint density at radius 1 is 1.38 bits per heavy atom. The van der Waals surface area contributed by atoms with Crippen molar-refractivity contribution in [3.05, 3.63) is 35.1 Å². The average Bonchev–Trinajstić information content (AvgIpc) is 2.03. The maximum atomic E-state index is 12.7. The molecule has 13 heavy (non-hydrogen) atoms. The topological polar surface area (TPSA) is 87.2 Å². The van der Waals surface area contributed by atoms with Gasteiger partial charge in [-0.15, -0.1) is 0 Å². The van der Waals surface area contributed by atoms with Crippen LogP contribution in [-0.4, -0.2) is 16.9 Å². The monoisotopic (exact) mass is 182 g/mol. The summed E-state index contributed by atoms with van der Waals surface area (Å²) in [6.07, 6.45) is 0. The highest BCUT2D eigenvalue weighted by molar-refractivity contribution is 5.98. The number of nitrogens with two attached hydrogens (primary N) is 1. The van der Waals surface area contributed by atoms with E-state index in [0.29, 0.717) is 0 Å². The Balaban J connectivity index is 3.26. The highest BCUT2D eigenvalue weighted by atomic mass is 19.1. The van der Waals surface area contributed by atoms with Gasteiger partial charge in [0.15, 0.2) is 0 Å². The minimum Gasteiger partial charge on any atom is -0.478 e. The number of aromatic carboxylic acids is 1. The van der Waals surface area contributed by atoms with Crippen LogP contribution in [0.1, 0.15) is 15.9 Å². The van der Waals surface area contributed by atoms with E-state index in [1.165, 1.54) is 0 Å². The number of nitrogens with one attached hydrogen (secondary N) is 1. The molecule has 0 radical (unpaired) electrons. The van der Waals surface area contributed by atoms with Crippen LogP contribution in [0.25, 0.3) is 0 Å². The number of rotatable bonds is 2. The number of nitrogen functional groups attached to an aromatic ring is 1. The first kappa shape index (κ1) is 9.18. The van der Waals surface area contributed by atoms with E-state index in [4.69, 9.17) is 16.2 Å². The Morgan fingerprint density at radius 3 is 2.38 bits per heavy atom. The van der Waals surface area contributed by atoms with Crippen LogP contribution in [0, 0.1) is 11.2 Å². The van der Waals surface area contributed by atoms with Crippen molar-refractivity contribution in [1.82, 2.24) is 0 Å². The van der Waals surface area contributed by atoms with Crippen LogP contribution in [0.5, 0.6) is 0 Å². The van der Waals surface area contributed by atoms with Gasteiger partial charge in [0.25, 0.3) is 0 Å². The van der Waals surface area contributed by atoms with Gasteiger partial charge in [-0.3, -0.25) is 5.41 Å². The lowest BCUT2D eigenvalue weighted by molar-refractivity contribution is 0.0696. The van der Waals surface area contributed by atoms with Crippen LogP contribution < -0.4 is 5.73 Å². The van der Waals surface area contributed by atoms with Crippen molar-refractivity contribution in [3.63, 3.8) is 0 Å². The number of benzene rings is 1. The summed E-state index contributed by atoms with van der Waals surface area (Å²) in [5, 5.41) is 15.5. The van der Waals surface area contributed by atoms with Gasteiger partial charge in [-0.2, -0.15) is 0 Å². The number of carboxylic acid groups (broad SMARTS) is 1. The van der Waals surface area contributed by atoms with E-state index in [2.05, 4.69) is 0 Å². The second-order valence-electron chi connectivity index (χ2n) is 2.45. The van der Waals surface area contributed by atoms with Crippen molar-refractivity contribution in [2.75, 3.05) is 0 Å². The summed E-state index contributed by atoms with van der Waals surface area (Å²) in [5.74, 6) is -2.32. The van der Waals surface area contributed by atoms with Gasteiger partial charge >= 0.3 is 5.97 Å². The molecule has 4 N–H and O–H groups in total. The van der Waals surface area contributed by atoms with Crippen LogP contribution in [0.15, 0.2) is 18.2 Å². The van der Waals surface area contributed by atoms with Gasteiger partial charge in [-0.25, -0.2) is 9.18 Å². The van der Waals surface area contributed by atoms with Crippen LogP contribution in [0.3, 0.4) is 0 Å². The molecule has 0 aromatic heterocycles. The Morgan fingerprint density at radius 2 is 1.92 bits per heavy atom. The lowest BCUT2D eigenvalue weighted by Gasteiger charge is -2.00. The van der Waals surface area contributed by atoms with Gasteiger partial charge < -0.3 is 10.8 Å². The van der Waals surface area contributed by atoms with Crippen LogP contribution in [0.2, 0.25) is 0 Å². The molecule has 0 spiro atoms. The lowest BCUT2D eigenvalue weighted by atomic mass is 10.1. The van der Waals surface area contributed by atoms with Gasteiger partial charge in [-0.1, -0.05) is 0 Å². The van der Waals surface area contributed by atoms with Crippen molar-refractivity contribution in [3.8, 4) is 0 Å². The Kier molecular flexibility index (Phi) is 2.27. The third-order valence-electron chi connectivity index (χ3n) is 1.46. The van der Waals surface area contributed by atoms with Gasteiger partial charge in [-0.05, 0) is 18.2 Å². The second-order valence-corrected chi connectivity index (χ2v) is 2.45. The third kappa shape index (κ3) is 2.02. The molecule has 0 saturated heterocycles. The number of carbonyl (C=O) groups is 1. The SMILES string of the molecule is N=C(N)c1cc(F)cc(C(=O)O)c1. The van der Waals surface area contributed by atoms with E-state index in [9.17, 15) is 9.18 Å². The fraction of sp³-hybridized carbons (Fsp3) is 0. The van der Waals surface area contributed by atoms with E-state index >= 15 is 0 Å². The highest BCUT2D eigenvalue weighted by Gasteiger charge is 2.07. The lowest BCUT2D eigenvalue weighted by Crippen LogP contribution is -2.12. The summed E-state index contributed by atoms with van der Waals surface area (Å²) < 4.78 is 12.7. The zero-order valence-electron chi connectivity index (χ0n) is 6.54. The molecule has 0 heterocycles. The van der Waals surface area contributed by atoms with Crippen LogP contribution in [0.4, 0.5) is 4.39 Å². The van der Waals surface area contributed by atoms with E-state index in [0.717, 1.165) is 18.2 Å². The number of halogens is 1. The minimum atomic E-state index is -1.25. The van der Waals surface area contributed by atoms with Gasteiger partial charge in [0.1, 0.15) is 11.7 Å². The van der Waals surface area contributed by atoms with E-state index in [1.54, 1.807) is 0 Å². The van der Waals surface area contributed by atoms with Crippen molar-refractivity contribution >= 4 is 11.8 Å². The first-order chi connectivity index (χ1) is 6.00. The Hall–Kier alpha value is -1.91. The molecule has 0 atom stereocenters. The van der Waals surface area contributed by atoms with Crippen LogP contribution >= 0.6 is 0 Å². The predicted octanol–water partition coefficient (Wildman–Crippen LogP) is 0.808. The summed E-state index contributed by atoms with van der Waals surface area (Å²) in [4.78, 5) is 10.5. The summed E-state index contributed by atoms with van der Waals surface area (Å²) >= 11 is 0. The van der Waals surface area contributed by atoms with E-state index in [1.807, 2.05) is 0 Å².